The molecule has 0 aromatic rings. The largest absolute Gasteiger partial charge is 0.478 e. The van der Waals surface area contributed by atoms with Crippen molar-refractivity contribution in [3.05, 3.63) is 24.3 Å². The van der Waals surface area contributed by atoms with Gasteiger partial charge in [0.1, 0.15) is 0 Å². The highest BCUT2D eigenvalue weighted by Gasteiger charge is 2.10. The maximum Gasteiger partial charge on any atom is 0.332 e. The van der Waals surface area contributed by atoms with Crippen molar-refractivity contribution in [1.82, 2.24) is 5.32 Å². The highest BCUT2D eigenvalue weighted by Crippen LogP contribution is 2.10. The van der Waals surface area contributed by atoms with Gasteiger partial charge in [-0.25, -0.2) is 4.79 Å². The molecule has 0 spiro atoms. The van der Waals surface area contributed by atoms with Crippen LogP contribution in [0.25, 0.3) is 0 Å². The molecule has 0 bridgehead atoms. The lowest BCUT2D eigenvalue weighted by atomic mass is 10.0. The fraction of sp³-hybridized carbons (Fsp3) is 0.500. The summed E-state index contributed by atoms with van der Waals surface area (Å²) < 4.78 is 0. The monoisotopic (exact) mass is 181 g/mol. The van der Waals surface area contributed by atoms with Crippen molar-refractivity contribution < 1.29 is 9.90 Å². The van der Waals surface area contributed by atoms with Gasteiger partial charge in [-0.05, 0) is 19.3 Å². The number of allylic oxidation sites excluding steroid dienone is 1. The number of hydrogen-bond donors (Lipinski definition) is 2. The molecule has 1 atom stereocenters. The van der Waals surface area contributed by atoms with Gasteiger partial charge in [0.05, 0.1) is 0 Å². The number of hydrogen-bond acceptors (Lipinski definition) is 2. The lowest BCUT2D eigenvalue weighted by Gasteiger charge is -2.19. The lowest BCUT2D eigenvalue weighted by molar-refractivity contribution is -0.132. The summed E-state index contributed by atoms with van der Waals surface area (Å²) in [5, 5.41) is 11.7. The third-order valence-corrected chi connectivity index (χ3v) is 2.18. The second-order valence-electron chi connectivity index (χ2n) is 3.27. The van der Waals surface area contributed by atoms with Gasteiger partial charge in [-0.15, -0.1) is 0 Å². The van der Waals surface area contributed by atoms with Crippen LogP contribution in [0.4, 0.5) is 0 Å². The quantitative estimate of drug-likeness (QED) is 0.508. The molecule has 0 fully saturated rings. The van der Waals surface area contributed by atoms with Gasteiger partial charge in [0.25, 0.3) is 0 Å². The molecular weight excluding hydrogens is 166 g/mol. The first kappa shape index (κ1) is 9.99. The van der Waals surface area contributed by atoms with E-state index in [1.54, 1.807) is 0 Å². The molecule has 3 nitrogen and oxygen atoms in total. The van der Waals surface area contributed by atoms with E-state index in [-0.39, 0.29) is 5.57 Å². The molecule has 1 aliphatic carbocycles. The molecule has 0 radical (unpaired) electrons. The fourth-order valence-corrected chi connectivity index (χ4v) is 1.32. The number of aliphatic carboxylic acids is 1. The summed E-state index contributed by atoms with van der Waals surface area (Å²) in [5.41, 5.74) is 0.231. The van der Waals surface area contributed by atoms with Gasteiger partial charge >= 0.3 is 5.97 Å². The SMILES string of the molecule is C=C(CNC1CC=CCC1)C(=O)O. The molecule has 0 aliphatic heterocycles. The van der Waals surface area contributed by atoms with Crippen molar-refractivity contribution in [1.29, 1.82) is 0 Å². The topological polar surface area (TPSA) is 49.3 Å². The molecule has 0 aromatic heterocycles. The zero-order valence-electron chi connectivity index (χ0n) is 7.62. The predicted molar refractivity (Wildman–Crippen MR) is 51.6 cm³/mol. The van der Waals surface area contributed by atoms with Crippen LogP contribution in [0.15, 0.2) is 24.3 Å². The van der Waals surface area contributed by atoms with Crippen LogP contribution in [0.2, 0.25) is 0 Å². The Morgan fingerprint density at radius 1 is 1.62 bits per heavy atom. The van der Waals surface area contributed by atoms with Crippen LogP contribution in [0, 0.1) is 0 Å². The van der Waals surface area contributed by atoms with Crippen molar-refractivity contribution >= 4 is 5.97 Å². The van der Waals surface area contributed by atoms with Crippen LogP contribution >= 0.6 is 0 Å². The third kappa shape index (κ3) is 3.42. The molecule has 0 heterocycles. The molecule has 0 amide bonds. The van der Waals surface area contributed by atoms with Gasteiger partial charge in [-0.2, -0.15) is 0 Å². The van der Waals surface area contributed by atoms with Crippen molar-refractivity contribution in [3.63, 3.8) is 0 Å². The van der Waals surface area contributed by atoms with Crippen molar-refractivity contribution in [2.24, 2.45) is 0 Å². The summed E-state index contributed by atoms with van der Waals surface area (Å²) in [6.45, 7) is 3.84. The molecule has 1 aliphatic rings. The fourth-order valence-electron chi connectivity index (χ4n) is 1.32. The molecule has 13 heavy (non-hydrogen) atoms. The number of rotatable bonds is 4. The second-order valence-corrected chi connectivity index (χ2v) is 3.27. The van der Waals surface area contributed by atoms with Crippen LogP contribution in [-0.4, -0.2) is 23.7 Å². The highest BCUT2D eigenvalue weighted by molar-refractivity contribution is 5.86. The Labute approximate surface area is 78.1 Å². The Balaban J connectivity index is 2.22. The second kappa shape index (κ2) is 4.82. The highest BCUT2D eigenvalue weighted by atomic mass is 16.4. The first-order valence-corrected chi connectivity index (χ1v) is 4.49. The van der Waals surface area contributed by atoms with Crippen LogP contribution in [-0.2, 0) is 4.79 Å². The number of nitrogens with one attached hydrogen (secondary N) is 1. The van der Waals surface area contributed by atoms with Crippen molar-refractivity contribution in [2.75, 3.05) is 6.54 Å². The minimum Gasteiger partial charge on any atom is -0.478 e. The van der Waals surface area contributed by atoms with Crippen molar-refractivity contribution in [2.45, 2.75) is 25.3 Å². The maximum absolute atomic E-state index is 10.4. The smallest absolute Gasteiger partial charge is 0.332 e. The van der Waals surface area contributed by atoms with Gasteiger partial charge in [0.2, 0.25) is 0 Å². The van der Waals surface area contributed by atoms with Gasteiger partial charge in [0.15, 0.2) is 0 Å². The van der Waals surface area contributed by atoms with E-state index in [1.165, 1.54) is 0 Å². The van der Waals surface area contributed by atoms with E-state index in [9.17, 15) is 4.79 Å². The minimum atomic E-state index is -0.918. The Morgan fingerprint density at radius 2 is 2.38 bits per heavy atom. The van der Waals surface area contributed by atoms with Crippen LogP contribution < -0.4 is 5.32 Å². The Hall–Kier alpha value is -1.09. The number of carboxylic acid groups (broad SMARTS) is 1. The van der Waals surface area contributed by atoms with E-state index >= 15 is 0 Å². The van der Waals surface area contributed by atoms with E-state index in [0.29, 0.717) is 12.6 Å². The molecular formula is C10H15NO2. The Bertz CT molecular complexity index is 233. The summed E-state index contributed by atoms with van der Waals surface area (Å²) in [5.74, 6) is -0.918. The Kier molecular flexibility index (Phi) is 3.71. The van der Waals surface area contributed by atoms with E-state index in [2.05, 4.69) is 24.0 Å². The molecule has 72 valence electrons. The average molecular weight is 181 g/mol. The molecule has 3 heteroatoms. The number of carbonyl (C=O) groups is 1. The molecule has 1 unspecified atom stereocenters. The molecule has 0 saturated carbocycles. The van der Waals surface area contributed by atoms with Crippen LogP contribution in [0.5, 0.6) is 0 Å². The standard InChI is InChI=1S/C10H15NO2/c1-8(10(12)13)7-11-9-5-3-2-4-6-9/h2-3,9,11H,1,4-7H2,(H,12,13). The maximum atomic E-state index is 10.4. The molecule has 0 saturated heterocycles. The average Bonchev–Trinajstić information content (AvgIpc) is 2.15. The summed E-state index contributed by atoms with van der Waals surface area (Å²) in [4.78, 5) is 10.4. The zero-order valence-corrected chi connectivity index (χ0v) is 7.62. The molecule has 1 rings (SSSR count). The summed E-state index contributed by atoms with van der Waals surface area (Å²) in [6, 6.07) is 0.418. The third-order valence-electron chi connectivity index (χ3n) is 2.18. The lowest BCUT2D eigenvalue weighted by Crippen LogP contribution is -2.32. The van der Waals surface area contributed by atoms with Gasteiger partial charge < -0.3 is 10.4 Å². The summed E-state index contributed by atoms with van der Waals surface area (Å²) in [6.07, 6.45) is 7.45. The van der Waals surface area contributed by atoms with E-state index in [0.717, 1.165) is 19.3 Å². The normalized spacial score (nSPS) is 21.4. The van der Waals surface area contributed by atoms with E-state index < -0.39 is 5.97 Å². The summed E-state index contributed by atoms with van der Waals surface area (Å²) >= 11 is 0. The Morgan fingerprint density at radius 3 is 2.92 bits per heavy atom. The van der Waals surface area contributed by atoms with Crippen LogP contribution in [0.1, 0.15) is 19.3 Å². The zero-order chi connectivity index (χ0) is 9.68. The van der Waals surface area contributed by atoms with Gasteiger partial charge in [-0.3, -0.25) is 0 Å². The van der Waals surface area contributed by atoms with E-state index in [1.807, 2.05) is 0 Å². The van der Waals surface area contributed by atoms with E-state index in [4.69, 9.17) is 5.11 Å². The van der Waals surface area contributed by atoms with Crippen LogP contribution in [0.3, 0.4) is 0 Å². The van der Waals surface area contributed by atoms with Gasteiger partial charge in [-0.1, -0.05) is 18.7 Å². The predicted octanol–water partition coefficient (Wildman–Crippen LogP) is 1.33. The molecule has 2 N–H and O–H groups in total. The first-order valence-electron chi connectivity index (χ1n) is 4.49. The van der Waals surface area contributed by atoms with Crippen molar-refractivity contribution in [3.8, 4) is 0 Å². The number of carboxylic acids is 1. The summed E-state index contributed by atoms with van der Waals surface area (Å²) in [7, 11) is 0. The first-order chi connectivity index (χ1) is 6.20. The van der Waals surface area contributed by atoms with Gasteiger partial charge in [0, 0.05) is 18.2 Å². The minimum absolute atomic E-state index is 0.231. The molecule has 0 aromatic carbocycles.